The number of carbonyl (C=O) groups excluding carboxylic acids is 2. The van der Waals surface area contributed by atoms with Crippen LogP contribution in [0, 0.1) is 0 Å². The van der Waals surface area contributed by atoms with Crippen molar-refractivity contribution in [1.82, 2.24) is 20.2 Å². The molecule has 1 aliphatic heterocycles. The molecule has 0 saturated carbocycles. The predicted octanol–water partition coefficient (Wildman–Crippen LogP) is 1.98. The first-order valence-electron chi connectivity index (χ1n) is 9.37. The van der Waals surface area contributed by atoms with Crippen LogP contribution >= 0.6 is 0 Å². The van der Waals surface area contributed by atoms with Gasteiger partial charge < -0.3 is 20.7 Å². The zero-order chi connectivity index (χ0) is 20.0. The number of rotatable bonds is 5. The van der Waals surface area contributed by atoms with E-state index in [4.69, 9.17) is 10.5 Å². The van der Waals surface area contributed by atoms with Crippen LogP contribution in [0.1, 0.15) is 35.8 Å². The van der Waals surface area contributed by atoms with E-state index in [1.54, 1.807) is 11.8 Å². The van der Waals surface area contributed by atoms with Crippen LogP contribution in [0.15, 0.2) is 42.7 Å². The van der Waals surface area contributed by atoms with Crippen LogP contribution in [-0.2, 0) is 10.2 Å². The van der Waals surface area contributed by atoms with Crippen molar-refractivity contribution in [3.05, 3.63) is 54.0 Å². The highest BCUT2D eigenvalue weighted by atomic mass is 16.6. The molecule has 8 nitrogen and oxygen atoms in total. The molecule has 1 aliphatic rings. The Morgan fingerprint density at radius 3 is 2.50 bits per heavy atom. The van der Waals surface area contributed by atoms with E-state index >= 15 is 0 Å². The first-order valence-corrected chi connectivity index (χ1v) is 9.37. The Morgan fingerprint density at radius 1 is 1.18 bits per heavy atom. The van der Waals surface area contributed by atoms with Gasteiger partial charge in [0.25, 0.3) is 5.91 Å². The molecule has 1 saturated heterocycles. The van der Waals surface area contributed by atoms with Crippen LogP contribution < -0.4 is 11.1 Å². The lowest BCUT2D eigenvalue weighted by Crippen LogP contribution is -2.50. The minimum atomic E-state index is -0.353. The maximum absolute atomic E-state index is 12.6. The average Bonchev–Trinajstić information content (AvgIpc) is 2.73. The molecular weight excluding hydrogens is 358 g/mol. The van der Waals surface area contributed by atoms with Gasteiger partial charge in [0.2, 0.25) is 0 Å². The van der Waals surface area contributed by atoms with Gasteiger partial charge in [-0.3, -0.25) is 4.79 Å². The SMILES string of the molecule is CCOC(=O)N1CCC(CNC(=O)c2nccnc2N)(c2ccccc2)CC1. The molecule has 3 N–H and O–H groups in total. The first-order chi connectivity index (χ1) is 13.6. The predicted molar refractivity (Wildman–Crippen MR) is 105 cm³/mol. The topological polar surface area (TPSA) is 110 Å². The summed E-state index contributed by atoms with van der Waals surface area (Å²) in [5, 5.41) is 2.96. The monoisotopic (exact) mass is 383 g/mol. The molecule has 0 radical (unpaired) electrons. The van der Waals surface area contributed by atoms with Crippen molar-refractivity contribution in [3.63, 3.8) is 0 Å². The van der Waals surface area contributed by atoms with Crippen molar-refractivity contribution in [2.45, 2.75) is 25.2 Å². The van der Waals surface area contributed by atoms with Crippen LogP contribution in [0.5, 0.6) is 0 Å². The Kier molecular flexibility index (Phi) is 6.08. The highest BCUT2D eigenvalue weighted by Crippen LogP contribution is 2.35. The van der Waals surface area contributed by atoms with Crippen molar-refractivity contribution in [2.24, 2.45) is 0 Å². The molecule has 2 aromatic rings. The molecule has 2 heterocycles. The van der Waals surface area contributed by atoms with E-state index < -0.39 is 0 Å². The number of piperidine rings is 1. The molecule has 2 amide bonds. The molecule has 0 unspecified atom stereocenters. The number of benzene rings is 1. The maximum Gasteiger partial charge on any atom is 0.409 e. The van der Waals surface area contributed by atoms with Gasteiger partial charge in [0.05, 0.1) is 6.61 Å². The van der Waals surface area contributed by atoms with Crippen LogP contribution in [0.4, 0.5) is 10.6 Å². The number of ether oxygens (including phenoxy) is 1. The van der Waals surface area contributed by atoms with E-state index in [0.29, 0.717) is 39.1 Å². The fourth-order valence-corrected chi connectivity index (χ4v) is 3.55. The van der Waals surface area contributed by atoms with E-state index in [1.807, 2.05) is 18.2 Å². The zero-order valence-electron chi connectivity index (χ0n) is 15.9. The Labute approximate surface area is 164 Å². The summed E-state index contributed by atoms with van der Waals surface area (Å²) < 4.78 is 5.11. The van der Waals surface area contributed by atoms with Crippen LogP contribution in [0.3, 0.4) is 0 Å². The molecule has 8 heteroatoms. The summed E-state index contributed by atoms with van der Waals surface area (Å²) in [4.78, 5) is 34.3. The van der Waals surface area contributed by atoms with Gasteiger partial charge in [-0.15, -0.1) is 0 Å². The third-order valence-electron chi connectivity index (χ3n) is 5.16. The lowest BCUT2D eigenvalue weighted by atomic mass is 9.72. The number of nitrogen functional groups attached to an aromatic ring is 1. The number of nitrogens with one attached hydrogen (secondary N) is 1. The van der Waals surface area contributed by atoms with Crippen molar-refractivity contribution >= 4 is 17.8 Å². The fraction of sp³-hybridized carbons (Fsp3) is 0.400. The number of aromatic nitrogens is 2. The van der Waals surface area contributed by atoms with E-state index in [1.165, 1.54) is 12.4 Å². The van der Waals surface area contributed by atoms with Crippen molar-refractivity contribution < 1.29 is 14.3 Å². The number of anilines is 1. The average molecular weight is 383 g/mol. The molecule has 0 bridgehead atoms. The molecule has 0 spiro atoms. The van der Waals surface area contributed by atoms with Gasteiger partial charge in [0.15, 0.2) is 11.5 Å². The maximum atomic E-state index is 12.6. The lowest BCUT2D eigenvalue weighted by molar-refractivity contribution is 0.0813. The largest absolute Gasteiger partial charge is 0.450 e. The lowest BCUT2D eigenvalue weighted by Gasteiger charge is -2.42. The Hall–Kier alpha value is -3.16. The number of hydrogen-bond donors (Lipinski definition) is 2. The van der Waals surface area contributed by atoms with Gasteiger partial charge in [-0.25, -0.2) is 14.8 Å². The number of carbonyl (C=O) groups is 2. The van der Waals surface area contributed by atoms with Crippen molar-refractivity contribution in [3.8, 4) is 0 Å². The molecule has 0 aliphatic carbocycles. The fourth-order valence-electron chi connectivity index (χ4n) is 3.55. The van der Waals surface area contributed by atoms with Gasteiger partial charge in [-0.1, -0.05) is 30.3 Å². The highest BCUT2D eigenvalue weighted by molar-refractivity contribution is 5.96. The van der Waals surface area contributed by atoms with Crippen LogP contribution in [-0.4, -0.2) is 53.1 Å². The summed E-state index contributed by atoms with van der Waals surface area (Å²) in [7, 11) is 0. The van der Waals surface area contributed by atoms with Gasteiger partial charge in [-0.05, 0) is 25.3 Å². The molecular formula is C20H25N5O3. The second kappa shape index (κ2) is 8.69. The van der Waals surface area contributed by atoms with Gasteiger partial charge in [0.1, 0.15) is 0 Å². The zero-order valence-corrected chi connectivity index (χ0v) is 15.9. The Morgan fingerprint density at radius 2 is 1.86 bits per heavy atom. The van der Waals surface area contributed by atoms with Gasteiger partial charge in [0, 0.05) is 37.4 Å². The molecule has 0 atom stereocenters. The number of likely N-dealkylation sites (tertiary alicyclic amines) is 1. The third kappa shape index (κ3) is 4.21. The second-order valence-electron chi connectivity index (χ2n) is 6.81. The summed E-state index contributed by atoms with van der Waals surface area (Å²) in [6.07, 6.45) is 4.03. The van der Waals surface area contributed by atoms with Crippen molar-refractivity contribution in [1.29, 1.82) is 0 Å². The van der Waals surface area contributed by atoms with E-state index in [-0.39, 0.29) is 28.9 Å². The minimum Gasteiger partial charge on any atom is -0.450 e. The third-order valence-corrected chi connectivity index (χ3v) is 5.16. The normalized spacial score (nSPS) is 15.7. The molecule has 1 aromatic heterocycles. The summed E-state index contributed by atoms with van der Waals surface area (Å²) in [5.74, 6) is -0.250. The van der Waals surface area contributed by atoms with Crippen LogP contribution in [0.25, 0.3) is 0 Å². The van der Waals surface area contributed by atoms with Crippen LogP contribution in [0.2, 0.25) is 0 Å². The van der Waals surface area contributed by atoms with E-state index in [2.05, 4.69) is 27.4 Å². The molecule has 28 heavy (non-hydrogen) atoms. The quantitative estimate of drug-likeness (QED) is 0.817. The number of hydrogen-bond acceptors (Lipinski definition) is 6. The van der Waals surface area contributed by atoms with Gasteiger partial charge >= 0.3 is 6.09 Å². The number of nitrogens with zero attached hydrogens (tertiary/aromatic N) is 3. The Bertz CT molecular complexity index is 820. The molecule has 148 valence electrons. The standard InChI is InChI=1S/C20H25N5O3/c1-2-28-19(27)25-12-8-20(9-13-25,15-6-4-3-5-7-15)14-24-18(26)16-17(21)23-11-10-22-16/h3-7,10-11H,2,8-9,12-14H2,1H3,(H2,21,23)(H,24,26). The number of nitrogens with two attached hydrogens (primary N) is 1. The number of amides is 2. The van der Waals surface area contributed by atoms with E-state index in [9.17, 15) is 9.59 Å². The summed E-state index contributed by atoms with van der Waals surface area (Å²) in [6.45, 7) is 3.70. The second-order valence-corrected chi connectivity index (χ2v) is 6.81. The van der Waals surface area contributed by atoms with E-state index in [0.717, 1.165) is 5.56 Å². The smallest absolute Gasteiger partial charge is 0.409 e. The summed E-state index contributed by atoms with van der Waals surface area (Å²) in [5.41, 5.74) is 6.73. The van der Waals surface area contributed by atoms with Gasteiger partial charge in [-0.2, -0.15) is 0 Å². The highest BCUT2D eigenvalue weighted by Gasteiger charge is 2.38. The molecule has 3 rings (SSSR count). The summed E-state index contributed by atoms with van der Waals surface area (Å²) >= 11 is 0. The Balaban J connectivity index is 1.75. The van der Waals surface area contributed by atoms with Crippen molar-refractivity contribution in [2.75, 3.05) is 32.0 Å². The minimum absolute atomic E-state index is 0.103. The first kappa shape index (κ1) is 19.6. The molecule has 1 aromatic carbocycles. The molecule has 1 fully saturated rings. The summed E-state index contributed by atoms with van der Waals surface area (Å²) in [6, 6.07) is 10.0.